The van der Waals surface area contributed by atoms with E-state index < -0.39 is 0 Å². The molecule has 30 valence electrons. The number of Topliss-reactive ketones (excluding diaryl/α,β-unsaturated/α-hetero) is 1. The van der Waals surface area contributed by atoms with Crippen LogP contribution < -0.4 is 18.9 Å². The molecule has 1 aliphatic carbocycles. The topological polar surface area (TPSA) is 17.1 Å². The second-order valence-electron chi connectivity index (χ2n) is 1.39. The summed E-state index contributed by atoms with van der Waals surface area (Å²) in [7, 11) is 0. The number of hydrogen-bond donors (Lipinski definition) is 0. The molecule has 0 unspecified atom stereocenters. The van der Waals surface area contributed by atoms with E-state index in [0.717, 1.165) is 19.3 Å². The maximum atomic E-state index is 9.90. The molecule has 0 atom stereocenters. The van der Waals surface area contributed by atoms with Crippen LogP contribution in [0.2, 0.25) is 0 Å². The monoisotopic (exact) mass is 78.1 g/mol. The summed E-state index contributed by atoms with van der Waals surface area (Å²) in [6, 6.07) is 0. The number of ketones is 1. The summed E-state index contributed by atoms with van der Waals surface area (Å²) in [5.41, 5.74) is 0. The van der Waals surface area contributed by atoms with Crippen molar-refractivity contribution in [3.63, 3.8) is 0 Å². The Morgan fingerprint density at radius 3 is 1.83 bits per heavy atom. The third-order valence-electron chi connectivity index (χ3n) is 0.911. The van der Waals surface area contributed by atoms with Crippen molar-refractivity contribution in [2.45, 2.75) is 19.3 Å². The van der Waals surface area contributed by atoms with E-state index in [-0.39, 0.29) is 20.3 Å². The Kier molecular flexibility index (Phi) is 2.55. The number of rotatable bonds is 0. The van der Waals surface area contributed by atoms with Gasteiger partial charge in [0.1, 0.15) is 5.78 Å². The van der Waals surface area contributed by atoms with Gasteiger partial charge in [-0.25, -0.2) is 0 Å². The van der Waals surface area contributed by atoms with Gasteiger partial charge >= 0.3 is 18.9 Å². The van der Waals surface area contributed by atoms with Gasteiger partial charge in [-0.2, -0.15) is 0 Å². The Hall–Kier alpha value is 0.267. The van der Waals surface area contributed by atoms with Gasteiger partial charge in [0.15, 0.2) is 0 Å². The third kappa shape index (κ3) is 1.16. The number of carbonyl (C=O) groups is 1. The summed E-state index contributed by atoms with van der Waals surface area (Å²) in [6.45, 7) is 0. The summed E-state index contributed by atoms with van der Waals surface area (Å²) >= 11 is 0. The molecule has 1 aliphatic rings. The van der Waals surface area contributed by atoms with Gasteiger partial charge in [-0.3, -0.25) is 4.79 Å². The van der Waals surface area contributed by atoms with Gasteiger partial charge < -0.3 is 1.43 Å². The zero-order valence-corrected chi connectivity index (χ0v) is 4.03. The SMILES string of the molecule is O=C1CCC1.[H-].[Li+]. The second kappa shape index (κ2) is 2.44. The minimum absolute atomic E-state index is 0. The predicted octanol–water partition coefficient (Wildman–Crippen LogP) is -2.14. The average molecular weight is 78.0 g/mol. The molecule has 1 nitrogen and oxygen atoms in total. The molecule has 0 aromatic heterocycles. The van der Waals surface area contributed by atoms with Crippen LogP contribution in [0.1, 0.15) is 20.7 Å². The molecule has 0 aromatic rings. The van der Waals surface area contributed by atoms with Crippen LogP contribution in [-0.2, 0) is 4.79 Å². The normalized spacial score (nSPS) is 18.3. The molecule has 0 aliphatic heterocycles. The first-order valence-electron chi connectivity index (χ1n) is 1.91. The fourth-order valence-corrected chi connectivity index (χ4v) is 0.321. The fourth-order valence-electron chi connectivity index (χ4n) is 0.321. The quantitative estimate of drug-likeness (QED) is 0.302. The van der Waals surface area contributed by atoms with Gasteiger partial charge in [0.25, 0.3) is 0 Å². The minimum Gasteiger partial charge on any atom is -1.00 e. The second-order valence-corrected chi connectivity index (χ2v) is 1.39. The van der Waals surface area contributed by atoms with Gasteiger partial charge in [-0.1, -0.05) is 0 Å². The fraction of sp³-hybridized carbons (Fsp3) is 0.750. The average Bonchev–Trinajstić information content (AvgIpc) is 1.30. The van der Waals surface area contributed by atoms with E-state index in [2.05, 4.69) is 0 Å². The van der Waals surface area contributed by atoms with Crippen LogP contribution in [-0.4, -0.2) is 5.78 Å². The molecule has 6 heavy (non-hydrogen) atoms. The largest absolute Gasteiger partial charge is 1.00 e. The molecule has 0 radical (unpaired) electrons. The van der Waals surface area contributed by atoms with Gasteiger partial charge in [-0.15, -0.1) is 0 Å². The Bertz CT molecular complexity index is 58.7. The van der Waals surface area contributed by atoms with Crippen LogP contribution in [0.5, 0.6) is 0 Å². The van der Waals surface area contributed by atoms with Gasteiger partial charge in [-0.05, 0) is 6.42 Å². The van der Waals surface area contributed by atoms with Crippen LogP contribution >= 0.6 is 0 Å². The van der Waals surface area contributed by atoms with E-state index in [1.165, 1.54) is 0 Å². The molecule has 0 heterocycles. The van der Waals surface area contributed by atoms with E-state index in [1.807, 2.05) is 0 Å². The summed E-state index contributed by atoms with van der Waals surface area (Å²) < 4.78 is 0. The molecule has 0 aromatic carbocycles. The first-order chi connectivity index (χ1) is 2.39. The van der Waals surface area contributed by atoms with Crippen LogP contribution in [0.3, 0.4) is 0 Å². The van der Waals surface area contributed by atoms with Gasteiger partial charge in [0, 0.05) is 12.8 Å². The molecule has 1 fully saturated rings. The van der Waals surface area contributed by atoms with Gasteiger partial charge in [0.05, 0.1) is 0 Å². The molecule has 2 heteroatoms. The van der Waals surface area contributed by atoms with E-state index in [1.54, 1.807) is 0 Å². The van der Waals surface area contributed by atoms with Crippen LogP contribution in [0.15, 0.2) is 0 Å². The van der Waals surface area contributed by atoms with Crippen molar-refractivity contribution >= 4 is 5.78 Å². The van der Waals surface area contributed by atoms with Crippen molar-refractivity contribution in [1.82, 2.24) is 0 Å². The Balaban J connectivity index is 0. The van der Waals surface area contributed by atoms with Crippen molar-refractivity contribution in [2.75, 3.05) is 0 Å². The Morgan fingerprint density at radius 1 is 1.50 bits per heavy atom. The molecule has 0 saturated heterocycles. The van der Waals surface area contributed by atoms with E-state index in [4.69, 9.17) is 0 Å². The molecule has 0 spiro atoms. The Labute approximate surface area is 50.8 Å². The van der Waals surface area contributed by atoms with Gasteiger partial charge in [0.2, 0.25) is 0 Å². The van der Waals surface area contributed by atoms with Crippen LogP contribution in [0, 0.1) is 0 Å². The molecular formula is C4H7LiO. The summed E-state index contributed by atoms with van der Waals surface area (Å²) in [4.78, 5) is 9.90. The van der Waals surface area contributed by atoms with Crippen molar-refractivity contribution in [2.24, 2.45) is 0 Å². The molecule has 0 amide bonds. The molecule has 1 rings (SSSR count). The maximum Gasteiger partial charge on any atom is 1.00 e. The molecular weight excluding hydrogens is 71.0 g/mol. The van der Waals surface area contributed by atoms with E-state index >= 15 is 0 Å². The van der Waals surface area contributed by atoms with Crippen LogP contribution in [0.25, 0.3) is 0 Å². The van der Waals surface area contributed by atoms with Crippen molar-refractivity contribution < 1.29 is 25.1 Å². The Morgan fingerprint density at radius 2 is 1.83 bits per heavy atom. The number of carbonyl (C=O) groups excluding carboxylic acids is 1. The first-order valence-corrected chi connectivity index (χ1v) is 1.91. The first kappa shape index (κ1) is 6.27. The summed E-state index contributed by atoms with van der Waals surface area (Å²) in [5.74, 6) is 0.435. The minimum atomic E-state index is 0. The van der Waals surface area contributed by atoms with Crippen molar-refractivity contribution in [1.29, 1.82) is 0 Å². The molecule has 0 N–H and O–H groups in total. The molecule has 1 saturated carbocycles. The maximum absolute atomic E-state index is 9.90. The zero-order chi connectivity index (χ0) is 3.70. The summed E-state index contributed by atoms with van der Waals surface area (Å²) in [6.07, 6.45) is 2.83. The van der Waals surface area contributed by atoms with Crippen molar-refractivity contribution in [3.8, 4) is 0 Å². The standard InChI is InChI=1S/C4H6O.Li.H/c5-4-2-1-3-4;;/h1-3H2;;/q;+1;-1. The van der Waals surface area contributed by atoms with E-state index in [0.29, 0.717) is 5.78 Å². The summed E-state index contributed by atoms with van der Waals surface area (Å²) in [5, 5.41) is 0. The van der Waals surface area contributed by atoms with Crippen LogP contribution in [0.4, 0.5) is 0 Å². The van der Waals surface area contributed by atoms with E-state index in [9.17, 15) is 4.79 Å². The third-order valence-corrected chi connectivity index (χ3v) is 0.911. The van der Waals surface area contributed by atoms with Crippen molar-refractivity contribution in [3.05, 3.63) is 0 Å². The predicted molar refractivity (Wildman–Crippen MR) is 20.0 cm³/mol. The zero-order valence-electron chi connectivity index (χ0n) is 5.03. The molecule has 0 bridgehead atoms. The number of hydrogen-bond acceptors (Lipinski definition) is 1. The smallest absolute Gasteiger partial charge is 1.00 e.